The van der Waals surface area contributed by atoms with Crippen molar-refractivity contribution >= 4 is 34.4 Å². The largest absolute Gasteiger partial charge is 0.469 e. The Kier molecular flexibility index (Phi) is 3.86. The lowest BCUT2D eigenvalue weighted by molar-refractivity contribution is -0.116. The number of imidazole rings is 1. The van der Waals surface area contributed by atoms with Crippen LogP contribution in [0, 0.1) is 0 Å². The average Bonchev–Trinajstić information content (AvgIpc) is 3.40. The molecule has 0 unspecified atom stereocenters. The first-order valence-corrected chi connectivity index (χ1v) is 10.4. The van der Waals surface area contributed by atoms with Gasteiger partial charge in [-0.3, -0.25) is 9.36 Å². The number of hydrogen-bond acceptors (Lipinski definition) is 4. The van der Waals surface area contributed by atoms with Crippen molar-refractivity contribution in [3.8, 4) is 0 Å². The van der Waals surface area contributed by atoms with E-state index in [-0.39, 0.29) is 17.7 Å². The highest BCUT2D eigenvalue weighted by molar-refractivity contribution is 6.30. The summed E-state index contributed by atoms with van der Waals surface area (Å²) in [5, 5.41) is 4.11. The molecule has 0 bridgehead atoms. The van der Waals surface area contributed by atoms with Crippen LogP contribution in [0.3, 0.4) is 0 Å². The fourth-order valence-corrected chi connectivity index (χ4v) is 4.94. The molecule has 4 aromatic rings. The number of fused-ring (bicyclic) bond motifs is 3. The van der Waals surface area contributed by atoms with Gasteiger partial charge in [0.2, 0.25) is 5.95 Å². The molecule has 6 rings (SSSR count). The Balaban J connectivity index is 1.56. The number of carbonyl (C=O) groups is 1. The van der Waals surface area contributed by atoms with Gasteiger partial charge in [0, 0.05) is 28.6 Å². The number of hydrogen-bond donors (Lipinski definition) is 1. The van der Waals surface area contributed by atoms with Gasteiger partial charge in [-0.25, -0.2) is 4.98 Å². The SMILES string of the molecule is O=C1C[C@@H](c2ccco2)CC2=C1[C@H](c1cccc(Cl)c1)n1c(nc3ccccc31)N2. The van der Waals surface area contributed by atoms with Gasteiger partial charge in [0.15, 0.2) is 5.78 Å². The fraction of sp³-hybridized carbons (Fsp3) is 0.167. The van der Waals surface area contributed by atoms with E-state index in [1.165, 1.54) is 0 Å². The summed E-state index contributed by atoms with van der Waals surface area (Å²) in [6.07, 6.45) is 2.79. The number of para-hydroxylation sites is 2. The van der Waals surface area contributed by atoms with E-state index in [0.29, 0.717) is 17.9 Å². The Morgan fingerprint density at radius 2 is 1.97 bits per heavy atom. The van der Waals surface area contributed by atoms with E-state index in [2.05, 4.69) is 9.88 Å². The number of furan rings is 1. The molecule has 3 heterocycles. The maximum atomic E-state index is 13.5. The van der Waals surface area contributed by atoms with Gasteiger partial charge < -0.3 is 9.73 Å². The topological polar surface area (TPSA) is 60.1 Å². The minimum Gasteiger partial charge on any atom is -0.469 e. The quantitative estimate of drug-likeness (QED) is 0.456. The molecule has 2 aromatic heterocycles. The number of rotatable bonds is 2. The van der Waals surface area contributed by atoms with Crippen LogP contribution in [-0.4, -0.2) is 15.3 Å². The number of carbonyl (C=O) groups excluding carboxylic acids is 1. The molecular weight excluding hydrogens is 398 g/mol. The average molecular weight is 416 g/mol. The van der Waals surface area contributed by atoms with Crippen molar-refractivity contribution in [3.05, 3.63) is 94.5 Å². The van der Waals surface area contributed by atoms with Gasteiger partial charge in [0.05, 0.1) is 23.3 Å². The van der Waals surface area contributed by atoms with Crippen LogP contribution in [0.1, 0.15) is 36.1 Å². The Morgan fingerprint density at radius 1 is 1.07 bits per heavy atom. The van der Waals surface area contributed by atoms with E-state index in [1.807, 2.05) is 60.7 Å². The molecule has 0 saturated carbocycles. The van der Waals surface area contributed by atoms with E-state index in [9.17, 15) is 4.79 Å². The highest BCUT2D eigenvalue weighted by atomic mass is 35.5. The van der Waals surface area contributed by atoms with Gasteiger partial charge in [-0.1, -0.05) is 35.9 Å². The summed E-state index contributed by atoms with van der Waals surface area (Å²) in [7, 11) is 0. The second-order valence-electron chi connectivity index (χ2n) is 7.81. The molecule has 1 aliphatic carbocycles. The molecular formula is C24H18ClN3O2. The summed E-state index contributed by atoms with van der Waals surface area (Å²) in [4.78, 5) is 18.3. The van der Waals surface area contributed by atoms with Crippen LogP contribution in [0.2, 0.25) is 5.02 Å². The standard InChI is InChI=1S/C24H18ClN3O2/c25-16-6-3-5-14(11-16)23-22-18(12-15(13-20(22)29)21-9-4-10-30-21)27-24-26-17-7-1-2-8-19(17)28(23)24/h1-11,15,23H,12-13H2,(H,26,27)/t15-,23-/m0/s1. The first kappa shape index (κ1) is 17.5. The Morgan fingerprint density at radius 3 is 2.80 bits per heavy atom. The predicted molar refractivity (Wildman–Crippen MR) is 116 cm³/mol. The third-order valence-corrected chi connectivity index (χ3v) is 6.24. The van der Waals surface area contributed by atoms with Gasteiger partial charge in [-0.2, -0.15) is 0 Å². The normalized spacial score (nSPS) is 20.8. The van der Waals surface area contributed by atoms with Crippen molar-refractivity contribution in [1.82, 2.24) is 9.55 Å². The zero-order valence-electron chi connectivity index (χ0n) is 16.0. The van der Waals surface area contributed by atoms with Crippen molar-refractivity contribution in [2.45, 2.75) is 24.8 Å². The molecule has 0 radical (unpaired) electrons. The molecule has 30 heavy (non-hydrogen) atoms. The first-order chi connectivity index (χ1) is 14.7. The number of ketones is 1. The molecule has 6 heteroatoms. The summed E-state index contributed by atoms with van der Waals surface area (Å²) in [5.74, 6) is 1.73. The smallest absolute Gasteiger partial charge is 0.209 e. The van der Waals surface area contributed by atoms with Crippen LogP contribution < -0.4 is 5.32 Å². The minimum atomic E-state index is -0.271. The van der Waals surface area contributed by atoms with Crippen molar-refractivity contribution in [3.63, 3.8) is 0 Å². The highest BCUT2D eigenvalue weighted by Gasteiger charge is 2.40. The third kappa shape index (κ3) is 2.62. The number of Topliss-reactive ketones (excluding diaryl/α,β-unsaturated/α-hetero) is 1. The zero-order valence-corrected chi connectivity index (χ0v) is 16.8. The number of halogens is 1. The number of allylic oxidation sites excluding steroid dienone is 2. The molecule has 0 fully saturated rings. The molecule has 2 aromatic carbocycles. The molecule has 1 aliphatic heterocycles. The lowest BCUT2D eigenvalue weighted by Crippen LogP contribution is -2.33. The van der Waals surface area contributed by atoms with Crippen LogP contribution >= 0.6 is 11.6 Å². The van der Waals surface area contributed by atoms with Crippen LogP contribution in [0.15, 0.2) is 82.6 Å². The number of aromatic nitrogens is 2. The summed E-state index contributed by atoms with van der Waals surface area (Å²) < 4.78 is 7.72. The van der Waals surface area contributed by atoms with E-state index in [1.54, 1.807) is 6.26 Å². The molecule has 0 spiro atoms. The fourth-order valence-electron chi connectivity index (χ4n) is 4.74. The van der Waals surface area contributed by atoms with Crippen molar-refractivity contribution in [1.29, 1.82) is 0 Å². The van der Waals surface area contributed by atoms with Crippen LogP contribution in [0.4, 0.5) is 5.95 Å². The maximum absolute atomic E-state index is 13.5. The molecule has 148 valence electrons. The Hall–Kier alpha value is -3.31. The number of anilines is 1. The van der Waals surface area contributed by atoms with Crippen molar-refractivity contribution in [2.75, 3.05) is 5.32 Å². The minimum absolute atomic E-state index is 0.0229. The highest BCUT2D eigenvalue weighted by Crippen LogP contribution is 2.46. The number of nitrogens with zero attached hydrogens (tertiary/aromatic N) is 2. The predicted octanol–water partition coefficient (Wildman–Crippen LogP) is 5.70. The summed E-state index contributed by atoms with van der Waals surface area (Å²) >= 11 is 6.33. The summed E-state index contributed by atoms with van der Waals surface area (Å²) in [5.41, 5.74) is 4.56. The van der Waals surface area contributed by atoms with Crippen LogP contribution in [-0.2, 0) is 4.79 Å². The Labute approximate surface area is 178 Å². The summed E-state index contributed by atoms with van der Waals surface area (Å²) in [6.45, 7) is 0. The molecule has 0 saturated heterocycles. The maximum Gasteiger partial charge on any atom is 0.209 e. The van der Waals surface area contributed by atoms with Gasteiger partial charge in [0.25, 0.3) is 0 Å². The molecule has 2 atom stereocenters. The lowest BCUT2D eigenvalue weighted by Gasteiger charge is -2.36. The second-order valence-corrected chi connectivity index (χ2v) is 8.25. The lowest BCUT2D eigenvalue weighted by atomic mass is 9.79. The summed E-state index contributed by atoms with van der Waals surface area (Å²) in [6, 6.07) is 19.3. The monoisotopic (exact) mass is 415 g/mol. The third-order valence-electron chi connectivity index (χ3n) is 6.01. The van der Waals surface area contributed by atoms with Gasteiger partial charge >= 0.3 is 0 Å². The van der Waals surface area contributed by atoms with E-state index in [4.69, 9.17) is 21.0 Å². The van der Waals surface area contributed by atoms with Crippen molar-refractivity contribution < 1.29 is 9.21 Å². The van der Waals surface area contributed by atoms with Crippen LogP contribution in [0.25, 0.3) is 11.0 Å². The van der Waals surface area contributed by atoms with Gasteiger partial charge in [0.1, 0.15) is 5.76 Å². The van der Waals surface area contributed by atoms with Crippen molar-refractivity contribution in [2.24, 2.45) is 0 Å². The molecule has 1 N–H and O–H groups in total. The molecule has 5 nitrogen and oxygen atoms in total. The van der Waals surface area contributed by atoms with Crippen LogP contribution in [0.5, 0.6) is 0 Å². The number of benzene rings is 2. The Bertz CT molecular complexity index is 1320. The van der Waals surface area contributed by atoms with E-state index in [0.717, 1.165) is 39.6 Å². The first-order valence-electron chi connectivity index (χ1n) is 9.98. The number of nitrogens with one attached hydrogen (secondary N) is 1. The van der Waals surface area contributed by atoms with Gasteiger partial charge in [-0.05, 0) is 48.4 Å². The molecule has 2 aliphatic rings. The molecule has 0 amide bonds. The zero-order chi connectivity index (χ0) is 20.2. The second kappa shape index (κ2) is 6.61. The van der Waals surface area contributed by atoms with Gasteiger partial charge in [-0.15, -0.1) is 0 Å². The van der Waals surface area contributed by atoms with E-state index < -0.39 is 0 Å². The van der Waals surface area contributed by atoms with E-state index >= 15 is 0 Å².